The van der Waals surface area contributed by atoms with Crippen molar-refractivity contribution >= 4 is 23.1 Å². The van der Waals surface area contributed by atoms with Crippen LogP contribution in [0.2, 0.25) is 0 Å². The SMILES string of the molecule is CCOC(=O)C1=C(C)NC(c2cscn2)=N[C@H]1c1cccc(F)c1. The van der Waals surface area contributed by atoms with Gasteiger partial charge in [-0.3, -0.25) is 4.99 Å². The molecule has 5 nitrogen and oxygen atoms in total. The number of aromatic nitrogens is 1. The van der Waals surface area contributed by atoms with Gasteiger partial charge in [-0.05, 0) is 31.5 Å². The normalized spacial score (nSPS) is 17.3. The molecule has 2 heterocycles. The first kappa shape index (κ1) is 16.3. The fourth-order valence-corrected chi connectivity index (χ4v) is 3.06. The Bertz CT molecular complexity index is 815. The summed E-state index contributed by atoms with van der Waals surface area (Å²) in [5.41, 5.74) is 3.98. The Morgan fingerprint density at radius 3 is 2.96 bits per heavy atom. The predicted octanol–water partition coefficient (Wildman–Crippen LogP) is 3.21. The van der Waals surface area contributed by atoms with E-state index in [0.29, 0.717) is 28.4 Å². The van der Waals surface area contributed by atoms with Crippen molar-refractivity contribution in [2.45, 2.75) is 19.9 Å². The Morgan fingerprint density at radius 2 is 2.29 bits per heavy atom. The molecular formula is C17H16FN3O2S. The summed E-state index contributed by atoms with van der Waals surface area (Å²) in [7, 11) is 0. The molecule has 0 amide bonds. The molecule has 3 rings (SSSR count). The fourth-order valence-electron chi connectivity index (χ4n) is 2.53. The summed E-state index contributed by atoms with van der Waals surface area (Å²) in [5.74, 6) is -0.286. The first-order chi connectivity index (χ1) is 11.6. The Balaban J connectivity index is 2.08. The maximum absolute atomic E-state index is 13.7. The lowest BCUT2D eigenvalue weighted by atomic mass is 9.96. The third kappa shape index (κ3) is 3.21. The minimum Gasteiger partial charge on any atom is -0.463 e. The van der Waals surface area contributed by atoms with Gasteiger partial charge < -0.3 is 10.1 Å². The Morgan fingerprint density at radius 1 is 1.46 bits per heavy atom. The Labute approximate surface area is 142 Å². The van der Waals surface area contributed by atoms with Crippen LogP contribution in [0.15, 0.2) is 51.4 Å². The highest BCUT2D eigenvalue weighted by atomic mass is 32.1. The second-order valence-electron chi connectivity index (χ2n) is 5.19. The van der Waals surface area contributed by atoms with Crippen molar-refractivity contribution in [3.05, 3.63) is 63.5 Å². The number of hydrogen-bond acceptors (Lipinski definition) is 6. The minimum absolute atomic E-state index is 0.258. The molecule has 24 heavy (non-hydrogen) atoms. The monoisotopic (exact) mass is 345 g/mol. The molecule has 0 radical (unpaired) electrons. The maximum atomic E-state index is 13.7. The minimum atomic E-state index is -0.641. The highest BCUT2D eigenvalue weighted by Gasteiger charge is 2.31. The van der Waals surface area contributed by atoms with Crippen LogP contribution in [0, 0.1) is 5.82 Å². The number of halogens is 1. The van der Waals surface area contributed by atoms with Crippen molar-refractivity contribution in [1.29, 1.82) is 0 Å². The Hall–Kier alpha value is -2.54. The topological polar surface area (TPSA) is 63.6 Å². The van der Waals surface area contributed by atoms with Crippen molar-refractivity contribution in [3.63, 3.8) is 0 Å². The maximum Gasteiger partial charge on any atom is 0.338 e. The van der Waals surface area contributed by atoms with Gasteiger partial charge in [0, 0.05) is 11.1 Å². The molecule has 0 unspecified atom stereocenters. The van der Waals surface area contributed by atoms with E-state index in [1.165, 1.54) is 23.5 Å². The van der Waals surface area contributed by atoms with Gasteiger partial charge in [-0.15, -0.1) is 11.3 Å². The van der Waals surface area contributed by atoms with Gasteiger partial charge in [0.1, 0.15) is 17.6 Å². The van der Waals surface area contributed by atoms with Crippen molar-refractivity contribution in [2.24, 2.45) is 4.99 Å². The number of thiazole rings is 1. The number of carbonyl (C=O) groups excluding carboxylic acids is 1. The fraction of sp³-hybridized carbons (Fsp3) is 0.235. The molecule has 0 bridgehead atoms. The molecule has 1 atom stereocenters. The van der Waals surface area contributed by atoms with E-state index in [4.69, 9.17) is 4.74 Å². The van der Waals surface area contributed by atoms with Crippen molar-refractivity contribution in [1.82, 2.24) is 10.3 Å². The molecule has 1 aliphatic heterocycles. The molecule has 1 aromatic carbocycles. The van der Waals surface area contributed by atoms with E-state index in [0.717, 1.165) is 0 Å². The number of aliphatic imine (C=N–C) groups is 1. The summed E-state index contributed by atoms with van der Waals surface area (Å²) < 4.78 is 18.8. The number of carbonyl (C=O) groups is 1. The molecule has 1 aliphatic rings. The van der Waals surface area contributed by atoms with Crippen LogP contribution in [0.3, 0.4) is 0 Å². The lowest BCUT2D eigenvalue weighted by molar-refractivity contribution is -0.138. The number of benzene rings is 1. The zero-order valence-electron chi connectivity index (χ0n) is 13.2. The number of rotatable bonds is 4. The molecule has 0 aliphatic carbocycles. The summed E-state index contributed by atoms with van der Waals surface area (Å²) in [6, 6.07) is 5.44. The van der Waals surface area contributed by atoms with Gasteiger partial charge in [0.25, 0.3) is 0 Å². The number of esters is 1. The van der Waals surface area contributed by atoms with E-state index in [9.17, 15) is 9.18 Å². The number of nitrogens with one attached hydrogen (secondary N) is 1. The molecule has 0 saturated carbocycles. The number of allylic oxidation sites excluding steroid dienone is 1. The molecule has 1 aromatic heterocycles. The van der Waals surface area contributed by atoms with E-state index >= 15 is 0 Å². The molecule has 1 N–H and O–H groups in total. The second-order valence-corrected chi connectivity index (χ2v) is 5.91. The van der Waals surface area contributed by atoms with E-state index in [1.807, 2.05) is 5.38 Å². The molecule has 0 fully saturated rings. The molecule has 0 spiro atoms. The van der Waals surface area contributed by atoms with Crippen LogP contribution in [0.4, 0.5) is 4.39 Å². The summed E-state index contributed by atoms with van der Waals surface area (Å²) >= 11 is 1.45. The van der Waals surface area contributed by atoms with Crippen LogP contribution in [0.5, 0.6) is 0 Å². The summed E-state index contributed by atoms with van der Waals surface area (Å²) in [5, 5.41) is 4.96. The zero-order valence-corrected chi connectivity index (χ0v) is 14.1. The smallest absolute Gasteiger partial charge is 0.338 e. The second kappa shape index (κ2) is 6.92. The Kier molecular flexibility index (Phi) is 4.71. The van der Waals surface area contributed by atoms with Crippen molar-refractivity contribution < 1.29 is 13.9 Å². The lowest BCUT2D eigenvalue weighted by Gasteiger charge is -2.25. The van der Waals surface area contributed by atoms with Gasteiger partial charge in [-0.25, -0.2) is 14.2 Å². The highest BCUT2D eigenvalue weighted by molar-refractivity contribution is 7.07. The number of ether oxygens (including phenoxy) is 1. The van der Waals surface area contributed by atoms with E-state index < -0.39 is 12.0 Å². The largest absolute Gasteiger partial charge is 0.463 e. The van der Waals surface area contributed by atoms with Gasteiger partial charge in [0.05, 0.1) is 17.7 Å². The van der Waals surface area contributed by atoms with Crippen LogP contribution in [-0.2, 0) is 9.53 Å². The zero-order chi connectivity index (χ0) is 17.1. The summed E-state index contributed by atoms with van der Waals surface area (Å²) in [6.45, 7) is 3.78. The van der Waals surface area contributed by atoms with Crippen LogP contribution < -0.4 is 5.32 Å². The van der Waals surface area contributed by atoms with Gasteiger partial charge in [-0.2, -0.15) is 0 Å². The average Bonchev–Trinajstić information content (AvgIpc) is 3.08. The van der Waals surface area contributed by atoms with Crippen LogP contribution >= 0.6 is 11.3 Å². The van der Waals surface area contributed by atoms with Gasteiger partial charge in [0.2, 0.25) is 0 Å². The van der Waals surface area contributed by atoms with E-state index in [2.05, 4.69) is 15.3 Å². The average molecular weight is 345 g/mol. The molecule has 7 heteroatoms. The quantitative estimate of drug-likeness (QED) is 0.864. The molecule has 2 aromatic rings. The third-order valence-corrected chi connectivity index (χ3v) is 4.16. The van der Waals surface area contributed by atoms with Crippen LogP contribution in [0.25, 0.3) is 0 Å². The van der Waals surface area contributed by atoms with Crippen molar-refractivity contribution in [3.8, 4) is 0 Å². The van der Waals surface area contributed by atoms with Crippen LogP contribution in [-0.4, -0.2) is 23.4 Å². The van der Waals surface area contributed by atoms with E-state index in [1.54, 1.807) is 31.5 Å². The summed E-state index contributed by atoms with van der Waals surface area (Å²) in [4.78, 5) is 21.2. The predicted molar refractivity (Wildman–Crippen MR) is 90.3 cm³/mol. The number of hydrogen-bond donors (Lipinski definition) is 1. The van der Waals surface area contributed by atoms with Gasteiger partial charge in [-0.1, -0.05) is 12.1 Å². The first-order valence-corrected chi connectivity index (χ1v) is 8.41. The van der Waals surface area contributed by atoms with Gasteiger partial charge >= 0.3 is 5.97 Å². The highest BCUT2D eigenvalue weighted by Crippen LogP contribution is 2.32. The summed E-state index contributed by atoms with van der Waals surface area (Å²) in [6.07, 6.45) is 0. The van der Waals surface area contributed by atoms with Crippen molar-refractivity contribution in [2.75, 3.05) is 6.61 Å². The van der Waals surface area contributed by atoms with Gasteiger partial charge in [0.15, 0.2) is 5.84 Å². The lowest BCUT2D eigenvalue weighted by Crippen LogP contribution is -2.33. The molecule has 124 valence electrons. The third-order valence-electron chi connectivity index (χ3n) is 3.58. The van der Waals surface area contributed by atoms with E-state index in [-0.39, 0.29) is 12.4 Å². The van der Waals surface area contributed by atoms with Crippen LogP contribution in [0.1, 0.15) is 31.1 Å². The first-order valence-electron chi connectivity index (χ1n) is 7.47. The standard InChI is InChI=1S/C17H16FN3O2S/c1-3-23-17(22)14-10(2)20-16(13-8-24-9-19-13)21-15(14)11-5-4-6-12(18)7-11/h4-9,15H,3H2,1-2H3,(H,20,21)/t15-/m0/s1. The molecular weight excluding hydrogens is 329 g/mol. The number of amidine groups is 1. The molecule has 0 saturated heterocycles. The number of nitrogens with zero attached hydrogens (tertiary/aromatic N) is 2.